The molecule has 1 aromatic carbocycles. The van der Waals surface area contributed by atoms with Crippen LogP contribution in [0.15, 0.2) is 18.2 Å². The minimum Gasteiger partial charge on any atom is -0.385 e. The van der Waals surface area contributed by atoms with E-state index in [1.54, 1.807) is 6.07 Å². The molecule has 1 aromatic rings. The molecule has 1 rings (SSSR count). The molecule has 0 atom stereocenters. The van der Waals surface area contributed by atoms with E-state index in [-0.39, 0.29) is 12.2 Å². The topological polar surface area (TPSA) is 110 Å². The van der Waals surface area contributed by atoms with Crippen molar-refractivity contribution in [3.8, 4) is 0 Å². The highest BCUT2D eigenvalue weighted by Crippen LogP contribution is 2.24. The maximum Gasteiger partial charge on any atom is 0.273 e. The Balaban J connectivity index is 2.94. The van der Waals surface area contributed by atoms with Gasteiger partial charge in [0, 0.05) is 30.1 Å². The van der Waals surface area contributed by atoms with E-state index >= 15 is 0 Å². The van der Waals surface area contributed by atoms with Crippen molar-refractivity contribution < 1.29 is 9.72 Å². The summed E-state index contributed by atoms with van der Waals surface area (Å²) in [7, 11) is 0. The molecule has 0 saturated heterocycles. The number of primary amides is 1. The first-order valence-corrected chi connectivity index (χ1v) is 5.08. The summed E-state index contributed by atoms with van der Waals surface area (Å²) in [6.07, 6.45) is 0. The smallest absolute Gasteiger partial charge is 0.273 e. The van der Waals surface area contributed by atoms with Gasteiger partial charge in [-0.3, -0.25) is 14.9 Å². The number of nitrogens with one attached hydrogen (secondary N) is 2. The lowest BCUT2D eigenvalue weighted by atomic mass is 10.2. The Labute approximate surface area is 98.1 Å². The monoisotopic (exact) mass is 238 g/mol. The third kappa shape index (κ3) is 3.98. The van der Waals surface area contributed by atoms with Crippen LogP contribution in [0.1, 0.15) is 6.92 Å². The number of carbonyl (C=O) groups is 1. The van der Waals surface area contributed by atoms with Crippen LogP contribution in [0.25, 0.3) is 0 Å². The molecule has 1 amide bonds. The van der Waals surface area contributed by atoms with Crippen LogP contribution in [0, 0.1) is 10.1 Å². The Kier molecular flexibility index (Phi) is 4.27. The van der Waals surface area contributed by atoms with Crippen LogP contribution in [-0.4, -0.2) is 23.9 Å². The first kappa shape index (κ1) is 12.8. The van der Waals surface area contributed by atoms with E-state index in [1.807, 2.05) is 6.92 Å². The molecule has 0 spiro atoms. The van der Waals surface area contributed by atoms with Gasteiger partial charge in [-0.25, -0.2) is 0 Å². The van der Waals surface area contributed by atoms with E-state index in [9.17, 15) is 14.9 Å². The molecule has 0 aliphatic heterocycles. The van der Waals surface area contributed by atoms with Crippen molar-refractivity contribution in [2.24, 2.45) is 5.73 Å². The Hall–Kier alpha value is -2.31. The van der Waals surface area contributed by atoms with Gasteiger partial charge in [0.15, 0.2) is 0 Å². The highest BCUT2D eigenvalue weighted by atomic mass is 16.6. The van der Waals surface area contributed by atoms with Crippen molar-refractivity contribution >= 4 is 23.0 Å². The van der Waals surface area contributed by atoms with E-state index in [0.29, 0.717) is 17.9 Å². The van der Waals surface area contributed by atoms with Crippen molar-refractivity contribution in [2.45, 2.75) is 6.92 Å². The minimum absolute atomic E-state index is 0.0459. The van der Waals surface area contributed by atoms with Crippen molar-refractivity contribution in [1.82, 2.24) is 0 Å². The molecule has 17 heavy (non-hydrogen) atoms. The summed E-state index contributed by atoms with van der Waals surface area (Å²) in [5.41, 5.74) is 6.04. The molecule has 0 heterocycles. The van der Waals surface area contributed by atoms with Crippen molar-refractivity contribution in [2.75, 3.05) is 23.7 Å². The van der Waals surface area contributed by atoms with Crippen LogP contribution < -0.4 is 16.4 Å². The Bertz CT molecular complexity index is 434. The fourth-order valence-electron chi connectivity index (χ4n) is 1.31. The zero-order valence-electron chi connectivity index (χ0n) is 9.40. The van der Waals surface area contributed by atoms with Crippen LogP contribution in [0.2, 0.25) is 0 Å². The van der Waals surface area contributed by atoms with Crippen LogP contribution in [0.3, 0.4) is 0 Å². The van der Waals surface area contributed by atoms with Crippen LogP contribution in [0.5, 0.6) is 0 Å². The van der Waals surface area contributed by atoms with E-state index in [0.717, 1.165) is 0 Å². The molecule has 7 nitrogen and oxygen atoms in total. The quantitative estimate of drug-likeness (QED) is 0.504. The molecule has 92 valence electrons. The fraction of sp³-hybridized carbons (Fsp3) is 0.300. The second-order valence-corrected chi connectivity index (χ2v) is 3.38. The van der Waals surface area contributed by atoms with E-state index < -0.39 is 10.8 Å². The highest BCUT2D eigenvalue weighted by Gasteiger charge is 2.09. The summed E-state index contributed by atoms with van der Waals surface area (Å²) >= 11 is 0. The maximum atomic E-state index is 10.7. The molecule has 0 unspecified atom stereocenters. The molecule has 0 radical (unpaired) electrons. The molecule has 4 N–H and O–H groups in total. The summed E-state index contributed by atoms with van der Waals surface area (Å²) in [5.74, 6) is -0.526. The number of nitrogens with two attached hydrogens (primary N) is 1. The molecular weight excluding hydrogens is 224 g/mol. The average Bonchev–Trinajstić information content (AvgIpc) is 2.26. The summed E-state index contributed by atoms with van der Waals surface area (Å²) in [4.78, 5) is 20.8. The van der Waals surface area contributed by atoms with Gasteiger partial charge in [-0.05, 0) is 13.0 Å². The first-order valence-electron chi connectivity index (χ1n) is 5.08. The molecule has 7 heteroatoms. The van der Waals surface area contributed by atoms with Gasteiger partial charge in [0.05, 0.1) is 11.5 Å². The third-order valence-corrected chi connectivity index (χ3v) is 1.98. The van der Waals surface area contributed by atoms with Gasteiger partial charge < -0.3 is 16.4 Å². The Morgan fingerprint density at radius 3 is 2.41 bits per heavy atom. The number of nitro groups is 1. The number of hydrogen-bond acceptors (Lipinski definition) is 5. The number of rotatable bonds is 6. The van der Waals surface area contributed by atoms with E-state index in [4.69, 9.17) is 5.73 Å². The predicted octanol–water partition coefficient (Wildman–Crippen LogP) is 0.924. The first-order chi connectivity index (χ1) is 8.02. The number of hydrogen-bond donors (Lipinski definition) is 3. The van der Waals surface area contributed by atoms with Crippen LogP contribution in [-0.2, 0) is 4.79 Å². The largest absolute Gasteiger partial charge is 0.385 e. The predicted molar refractivity (Wildman–Crippen MR) is 64.9 cm³/mol. The molecule has 0 aliphatic carbocycles. The van der Waals surface area contributed by atoms with Crippen LogP contribution in [0.4, 0.5) is 17.1 Å². The highest BCUT2D eigenvalue weighted by molar-refractivity contribution is 5.79. The van der Waals surface area contributed by atoms with Crippen molar-refractivity contribution in [1.29, 1.82) is 0 Å². The SMILES string of the molecule is CCNc1cc(NCC(N)=O)cc([N+](=O)[O-])c1. The third-order valence-electron chi connectivity index (χ3n) is 1.98. The van der Waals surface area contributed by atoms with Gasteiger partial charge in [0.1, 0.15) is 0 Å². The van der Waals surface area contributed by atoms with Gasteiger partial charge in [-0.2, -0.15) is 0 Å². The van der Waals surface area contributed by atoms with Crippen molar-refractivity contribution in [3.05, 3.63) is 28.3 Å². The summed E-state index contributed by atoms with van der Waals surface area (Å²) < 4.78 is 0. The number of benzene rings is 1. The lowest BCUT2D eigenvalue weighted by Crippen LogP contribution is -2.21. The molecule has 0 aromatic heterocycles. The number of carbonyl (C=O) groups excluding carboxylic acids is 1. The number of non-ortho nitro benzene ring substituents is 1. The number of nitrogens with zero attached hydrogens (tertiary/aromatic N) is 1. The Morgan fingerprint density at radius 2 is 1.94 bits per heavy atom. The zero-order chi connectivity index (χ0) is 12.8. The van der Waals surface area contributed by atoms with Gasteiger partial charge in [0.25, 0.3) is 5.69 Å². The number of anilines is 2. The minimum atomic E-state index is -0.526. The van der Waals surface area contributed by atoms with Gasteiger partial charge in [-0.1, -0.05) is 0 Å². The lowest BCUT2D eigenvalue weighted by Gasteiger charge is -2.08. The maximum absolute atomic E-state index is 10.7. The molecule has 0 bridgehead atoms. The van der Waals surface area contributed by atoms with Crippen LogP contribution >= 0.6 is 0 Å². The Morgan fingerprint density at radius 1 is 1.35 bits per heavy atom. The average molecular weight is 238 g/mol. The second kappa shape index (κ2) is 5.69. The zero-order valence-corrected chi connectivity index (χ0v) is 9.40. The number of amides is 1. The number of nitro benzene ring substituents is 1. The molecular formula is C10H14N4O3. The summed E-state index contributed by atoms with van der Waals surface area (Å²) in [5, 5.41) is 16.4. The lowest BCUT2D eigenvalue weighted by molar-refractivity contribution is -0.384. The normalized spacial score (nSPS) is 9.71. The molecule has 0 saturated carbocycles. The summed E-state index contributed by atoms with van der Waals surface area (Å²) in [6.45, 7) is 2.47. The van der Waals surface area contributed by atoms with E-state index in [1.165, 1.54) is 12.1 Å². The molecule has 0 aliphatic rings. The van der Waals surface area contributed by atoms with Gasteiger partial charge in [-0.15, -0.1) is 0 Å². The fourth-order valence-corrected chi connectivity index (χ4v) is 1.31. The standard InChI is InChI=1S/C10H14N4O3/c1-2-12-7-3-8(13-6-10(11)15)5-9(4-7)14(16)17/h3-5,12-13H,2,6H2,1H3,(H2,11,15). The van der Waals surface area contributed by atoms with E-state index in [2.05, 4.69) is 10.6 Å². The van der Waals surface area contributed by atoms with Gasteiger partial charge >= 0.3 is 0 Å². The van der Waals surface area contributed by atoms with Crippen molar-refractivity contribution in [3.63, 3.8) is 0 Å². The van der Waals surface area contributed by atoms with Gasteiger partial charge in [0.2, 0.25) is 5.91 Å². The summed E-state index contributed by atoms with van der Waals surface area (Å²) in [6, 6.07) is 4.46. The second-order valence-electron chi connectivity index (χ2n) is 3.38. The molecule has 0 fully saturated rings.